The van der Waals surface area contributed by atoms with Crippen molar-refractivity contribution in [3.05, 3.63) is 47.5 Å². The van der Waals surface area contributed by atoms with Crippen LogP contribution >= 0.6 is 0 Å². The van der Waals surface area contributed by atoms with Gasteiger partial charge in [-0.05, 0) is 48.9 Å². The summed E-state index contributed by atoms with van der Waals surface area (Å²) >= 11 is 0. The van der Waals surface area contributed by atoms with Crippen LogP contribution in [0.4, 0.5) is 5.69 Å². The summed E-state index contributed by atoms with van der Waals surface area (Å²) < 4.78 is 23.2. The van der Waals surface area contributed by atoms with Gasteiger partial charge in [0.05, 0.1) is 38.3 Å². The third-order valence-corrected chi connectivity index (χ3v) is 10.6. The van der Waals surface area contributed by atoms with Crippen LogP contribution in [0.25, 0.3) is 0 Å². The lowest BCUT2D eigenvalue weighted by Gasteiger charge is -2.62. The first-order valence-corrected chi connectivity index (χ1v) is 13.7. The molecule has 0 amide bonds. The van der Waals surface area contributed by atoms with Crippen molar-refractivity contribution in [2.75, 3.05) is 33.3 Å². The van der Waals surface area contributed by atoms with Gasteiger partial charge in [-0.2, -0.15) is 0 Å². The molecule has 8 nitrogen and oxygen atoms in total. The Bertz CT molecular complexity index is 1270. The van der Waals surface area contributed by atoms with E-state index in [4.69, 9.17) is 18.9 Å². The SMILES string of the molecule is CC[C@H]1[C@@H](O)N2[C@@H]3C[C@]45c6ccccc6N(C)[C@@H]4[C@H]2C[C@H]1C3C5OC(=O)c1cc(OC)c(OC)c(OC)c1. The number of likely N-dealkylation sites (N-methyl/N-ethyl adjacent to an activating group) is 1. The van der Waals surface area contributed by atoms with Crippen molar-refractivity contribution < 1.29 is 28.8 Å². The molecule has 38 heavy (non-hydrogen) atoms. The van der Waals surface area contributed by atoms with Crippen LogP contribution in [0, 0.1) is 17.8 Å². The first-order valence-electron chi connectivity index (χ1n) is 13.7. The summed E-state index contributed by atoms with van der Waals surface area (Å²) in [6.45, 7) is 2.17. The molecular weight excluding hydrogens is 484 g/mol. The van der Waals surface area contributed by atoms with Crippen LogP contribution in [0.15, 0.2) is 36.4 Å². The Kier molecular flexibility index (Phi) is 5.24. The van der Waals surface area contributed by atoms with E-state index < -0.39 is 6.23 Å². The number of benzene rings is 2. The van der Waals surface area contributed by atoms with E-state index in [1.54, 1.807) is 33.5 Å². The minimum absolute atomic E-state index is 0.136. The summed E-state index contributed by atoms with van der Waals surface area (Å²) in [4.78, 5) is 18.7. The fourth-order valence-electron chi connectivity index (χ4n) is 9.41. The van der Waals surface area contributed by atoms with Crippen LogP contribution < -0.4 is 19.1 Å². The lowest BCUT2D eigenvalue weighted by Crippen LogP contribution is -2.72. The molecule has 202 valence electrons. The molecule has 1 N–H and O–H groups in total. The Morgan fingerprint density at radius 2 is 1.79 bits per heavy atom. The molecule has 4 saturated heterocycles. The monoisotopic (exact) mass is 520 g/mol. The highest BCUT2D eigenvalue weighted by Gasteiger charge is 2.77. The quantitative estimate of drug-likeness (QED) is 0.581. The van der Waals surface area contributed by atoms with Crippen LogP contribution in [0.5, 0.6) is 17.2 Å². The fraction of sp³-hybridized carbons (Fsp3) is 0.567. The van der Waals surface area contributed by atoms with Crippen LogP contribution in [-0.2, 0) is 10.2 Å². The summed E-state index contributed by atoms with van der Waals surface area (Å²) in [5.41, 5.74) is 2.55. The normalized spacial score (nSPS) is 39.1. The number of anilines is 1. The fourth-order valence-corrected chi connectivity index (χ4v) is 9.41. The maximum atomic E-state index is 13.9. The third kappa shape index (κ3) is 2.75. The largest absolute Gasteiger partial charge is 0.493 e. The summed E-state index contributed by atoms with van der Waals surface area (Å²) in [5, 5.41) is 11.5. The van der Waals surface area contributed by atoms with Crippen LogP contribution in [0.1, 0.15) is 42.1 Å². The summed E-state index contributed by atoms with van der Waals surface area (Å²) in [6.07, 6.45) is 2.09. The number of nitrogens with zero attached hydrogens (tertiary/aromatic N) is 2. The highest BCUT2D eigenvalue weighted by molar-refractivity contribution is 5.91. The van der Waals surface area contributed by atoms with Gasteiger partial charge < -0.3 is 29.0 Å². The van der Waals surface area contributed by atoms with Gasteiger partial charge in [0, 0.05) is 36.7 Å². The van der Waals surface area contributed by atoms with E-state index in [1.807, 2.05) is 0 Å². The molecule has 6 aliphatic rings. The zero-order valence-electron chi connectivity index (χ0n) is 22.6. The minimum Gasteiger partial charge on any atom is -0.493 e. The zero-order chi connectivity index (χ0) is 26.5. The zero-order valence-corrected chi connectivity index (χ0v) is 22.6. The van der Waals surface area contributed by atoms with Gasteiger partial charge in [-0.3, -0.25) is 4.90 Å². The number of methoxy groups -OCH3 is 3. The number of esters is 1. The van der Waals surface area contributed by atoms with Crippen LogP contribution in [0.2, 0.25) is 0 Å². The van der Waals surface area contributed by atoms with Gasteiger partial charge in [-0.25, -0.2) is 4.79 Å². The van der Waals surface area contributed by atoms with Gasteiger partial charge in [0.2, 0.25) is 5.75 Å². The molecular formula is C30H36N2O6. The molecule has 1 spiro atoms. The molecule has 5 heterocycles. The molecule has 8 rings (SSSR count). The van der Waals surface area contributed by atoms with Crippen LogP contribution in [-0.4, -0.2) is 74.8 Å². The number of hydrogen-bond acceptors (Lipinski definition) is 8. The second kappa shape index (κ2) is 8.26. The molecule has 6 bridgehead atoms. The topological polar surface area (TPSA) is 80.7 Å². The highest BCUT2D eigenvalue weighted by Crippen LogP contribution is 2.69. The second-order valence-electron chi connectivity index (χ2n) is 11.6. The van der Waals surface area contributed by atoms with Crippen molar-refractivity contribution in [2.24, 2.45) is 17.8 Å². The number of ether oxygens (including phenoxy) is 4. The van der Waals surface area contributed by atoms with Crippen molar-refractivity contribution >= 4 is 11.7 Å². The standard InChI is InChI=1S/C30H36N2O6/c1-6-16-17-13-20-26-30(18-9-7-8-10-19(18)31(26)2)14-21(32(20)28(16)33)24(17)27(30)38-29(34)15-11-22(35-3)25(37-5)23(12-15)36-4/h7-12,16-17,20-21,24,26-28,33H,6,13-14H2,1-5H3/t16-,17-,20-,21-,24?,26-,27?,28-,30+/m1/s1. The molecule has 2 aromatic carbocycles. The Morgan fingerprint density at radius 1 is 1.08 bits per heavy atom. The van der Waals surface area contributed by atoms with Crippen molar-refractivity contribution in [2.45, 2.75) is 62.1 Å². The molecule has 3 unspecified atom stereocenters. The van der Waals surface area contributed by atoms with E-state index in [0.717, 1.165) is 19.3 Å². The van der Waals surface area contributed by atoms with Gasteiger partial charge in [0.1, 0.15) is 12.3 Å². The molecule has 2 aromatic rings. The Hall–Kier alpha value is -2.97. The van der Waals surface area contributed by atoms with E-state index in [-0.39, 0.29) is 47.4 Å². The average molecular weight is 521 g/mol. The minimum atomic E-state index is -0.440. The van der Waals surface area contributed by atoms with Gasteiger partial charge in [0.15, 0.2) is 11.5 Å². The third-order valence-electron chi connectivity index (χ3n) is 10.6. The van der Waals surface area contributed by atoms with E-state index in [2.05, 4.69) is 48.0 Å². The van der Waals surface area contributed by atoms with E-state index >= 15 is 0 Å². The molecule has 5 aliphatic heterocycles. The lowest BCUT2D eigenvalue weighted by molar-refractivity contribution is -0.211. The molecule has 5 fully saturated rings. The number of aliphatic hydroxyl groups excluding tert-OH is 1. The van der Waals surface area contributed by atoms with Crippen LogP contribution in [0.3, 0.4) is 0 Å². The second-order valence-corrected chi connectivity index (χ2v) is 11.6. The molecule has 0 radical (unpaired) electrons. The summed E-state index contributed by atoms with van der Waals surface area (Å²) in [5.74, 6) is 1.58. The van der Waals surface area contributed by atoms with Gasteiger partial charge in [-0.15, -0.1) is 0 Å². The van der Waals surface area contributed by atoms with E-state index in [9.17, 15) is 9.90 Å². The lowest BCUT2D eigenvalue weighted by atomic mass is 9.62. The summed E-state index contributed by atoms with van der Waals surface area (Å²) in [7, 11) is 6.80. The number of piperidine rings is 4. The van der Waals surface area contributed by atoms with Gasteiger partial charge in [-0.1, -0.05) is 25.1 Å². The van der Waals surface area contributed by atoms with E-state index in [0.29, 0.717) is 28.7 Å². The molecule has 10 atom stereocenters. The number of para-hydroxylation sites is 1. The Morgan fingerprint density at radius 3 is 2.45 bits per heavy atom. The number of rotatable bonds is 6. The number of aliphatic hydroxyl groups is 1. The maximum Gasteiger partial charge on any atom is 0.338 e. The van der Waals surface area contributed by atoms with Gasteiger partial charge >= 0.3 is 5.97 Å². The molecule has 0 aromatic heterocycles. The number of fused-ring (bicyclic) bond motifs is 2. The maximum absolute atomic E-state index is 13.9. The van der Waals surface area contributed by atoms with Crippen molar-refractivity contribution in [1.29, 1.82) is 0 Å². The smallest absolute Gasteiger partial charge is 0.338 e. The predicted molar refractivity (Wildman–Crippen MR) is 141 cm³/mol. The Labute approximate surface area is 223 Å². The Balaban J connectivity index is 1.35. The summed E-state index contributed by atoms with van der Waals surface area (Å²) in [6, 6.07) is 12.5. The van der Waals surface area contributed by atoms with Crippen molar-refractivity contribution in [1.82, 2.24) is 4.90 Å². The number of carbonyl (C=O) groups excluding carboxylic acids is 1. The van der Waals surface area contributed by atoms with Crippen molar-refractivity contribution in [3.8, 4) is 17.2 Å². The van der Waals surface area contributed by atoms with Gasteiger partial charge in [0.25, 0.3) is 0 Å². The first-order chi connectivity index (χ1) is 18.4. The van der Waals surface area contributed by atoms with E-state index in [1.165, 1.54) is 11.3 Å². The van der Waals surface area contributed by atoms with Crippen molar-refractivity contribution in [3.63, 3.8) is 0 Å². The number of hydrogen-bond donors (Lipinski definition) is 1. The molecule has 1 saturated carbocycles. The average Bonchev–Trinajstić information content (AvgIpc) is 3.34. The predicted octanol–water partition coefficient (Wildman–Crippen LogP) is 3.45. The molecule has 1 aliphatic carbocycles. The first kappa shape index (κ1) is 24.1. The number of carbonyl (C=O) groups is 1. The highest BCUT2D eigenvalue weighted by atomic mass is 16.5. The molecule has 8 heteroatoms.